The molecule has 0 radical (unpaired) electrons. The molecule has 0 atom stereocenters. The Labute approximate surface area is 168 Å². The van der Waals surface area contributed by atoms with Crippen molar-refractivity contribution < 1.29 is 13.2 Å². The summed E-state index contributed by atoms with van der Waals surface area (Å²) in [6.45, 7) is 1.94. The normalized spacial score (nSPS) is 16.3. The van der Waals surface area contributed by atoms with Crippen molar-refractivity contribution in [3.8, 4) is 0 Å². The van der Waals surface area contributed by atoms with E-state index in [1.165, 1.54) is 17.6 Å². The minimum Gasteiger partial charge on any atom is -0.298 e. The number of aryl methyl sites for hydroxylation is 1. The van der Waals surface area contributed by atoms with Gasteiger partial charge >= 0.3 is 0 Å². The second-order valence-electron chi connectivity index (χ2n) is 6.56. The van der Waals surface area contributed by atoms with Gasteiger partial charge in [0.15, 0.2) is 15.0 Å². The third kappa shape index (κ3) is 5.43. The number of carbonyl (C=O) groups is 1. The predicted octanol–water partition coefficient (Wildman–Crippen LogP) is 4.02. The third-order valence-electron chi connectivity index (χ3n) is 4.35. The summed E-state index contributed by atoms with van der Waals surface area (Å²) in [5.41, 5.74) is 1.28. The molecule has 2 aromatic rings. The maximum Gasteiger partial charge on any atom is 0.257 e. The average Bonchev–Trinajstić information content (AvgIpc) is 3.04. The molecule has 1 N–H and O–H groups in total. The van der Waals surface area contributed by atoms with Gasteiger partial charge in [0, 0.05) is 22.9 Å². The zero-order chi connectivity index (χ0) is 19.4. The molecule has 5 nitrogen and oxygen atoms in total. The lowest BCUT2D eigenvalue weighted by Gasteiger charge is -2.19. The lowest BCUT2D eigenvalue weighted by Crippen LogP contribution is -2.16. The molecule has 1 amide bonds. The number of hydrogen-bond donors (Lipinski definition) is 1. The quantitative estimate of drug-likeness (QED) is 0.737. The van der Waals surface area contributed by atoms with Gasteiger partial charge in [-0.1, -0.05) is 18.2 Å². The Morgan fingerprint density at radius 1 is 1.22 bits per heavy atom. The molecule has 3 rings (SSSR count). The van der Waals surface area contributed by atoms with E-state index in [4.69, 9.17) is 0 Å². The molecule has 0 aliphatic carbocycles. The molecule has 1 saturated heterocycles. The monoisotopic (exact) mass is 422 g/mol. The number of hydrogen-bond acceptors (Lipinski definition) is 6. The number of anilines is 1. The molecule has 0 saturated carbocycles. The van der Waals surface area contributed by atoms with Crippen molar-refractivity contribution in [2.45, 2.75) is 24.7 Å². The second-order valence-corrected chi connectivity index (χ2v) is 11.0. The van der Waals surface area contributed by atoms with Crippen LogP contribution in [-0.4, -0.2) is 37.1 Å². The van der Waals surface area contributed by atoms with E-state index in [2.05, 4.69) is 10.3 Å². The number of sulfone groups is 1. The number of nitrogens with one attached hydrogen (secondary N) is 1. The van der Waals surface area contributed by atoms with Gasteiger partial charge in [0.25, 0.3) is 5.91 Å². The summed E-state index contributed by atoms with van der Waals surface area (Å²) in [7, 11) is -3.27. The fraction of sp³-hybridized carbons (Fsp3) is 0.368. The highest BCUT2D eigenvalue weighted by molar-refractivity contribution is 7.99. The van der Waals surface area contributed by atoms with Crippen LogP contribution in [0.2, 0.25) is 0 Å². The van der Waals surface area contributed by atoms with E-state index in [9.17, 15) is 13.2 Å². The topological polar surface area (TPSA) is 76.1 Å². The molecule has 1 aliphatic rings. The van der Waals surface area contributed by atoms with Crippen molar-refractivity contribution in [2.24, 2.45) is 5.92 Å². The summed E-state index contributed by atoms with van der Waals surface area (Å²) in [6, 6.07) is 6.51. The lowest BCUT2D eigenvalue weighted by atomic mass is 9.95. The molecule has 0 spiro atoms. The lowest BCUT2D eigenvalue weighted by molar-refractivity contribution is -0.111. The van der Waals surface area contributed by atoms with Crippen LogP contribution in [-0.2, 0) is 14.6 Å². The van der Waals surface area contributed by atoms with Gasteiger partial charge in [-0.3, -0.25) is 10.1 Å². The first kappa shape index (κ1) is 20.1. The maximum absolute atomic E-state index is 12.9. The summed E-state index contributed by atoms with van der Waals surface area (Å²) in [4.78, 5) is 18.4. The van der Waals surface area contributed by atoms with Crippen molar-refractivity contribution in [2.75, 3.05) is 23.1 Å². The minimum absolute atomic E-state index is 0.213. The van der Waals surface area contributed by atoms with Gasteiger partial charge in [-0.05, 0) is 54.9 Å². The van der Waals surface area contributed by atoms with E-state index in [0.29, 0.717) is 22.2 Å². The molecular weight excluding hydrogens is 400 g/mol. The third-order valence-corrected chi connectivity index (χ3v) is 7.35. The van der Waals surface area contributed by atoms with Crippen LogP contribution in [0.5, 0.6) is 0 Å². The number of amides is 1. The summed E-state index contributed by atoms with van der Waals surface area (Å²) in [5, 5.41) is 3.44. The van der Waals surface area contributed by atoms with Crippen molar-refractivity contribution in [1.29, 1.82) is 0 Å². The van der Waals surface area contributed by atoms with E-state index in [0.717, 1.165) is 29.2 Å². The fourth-order valence-corrected chi connectivity index (χ4v) is 5.31. The Hall–Kier alpha value is -1.64. The van der Waals surface area contributed by atoms with Crippen molar-refractivity contribution in [1.82, 2.24) is 4.98 Å². The Kier molecular flexibility index (Phi) is 6.39. The predicted molar refractivity (Wildman–Crippen MR) is 113 cm³/mol. The van der Waals surface area contributed by atoms with Crippen LogP contribution < -0.4 is 5.32 Å². The van der Waals surface area contributed by atoms with Crippen molar-refractivity contribution >= 4 is 49.5 Å². The van der Waals surface area contributed by atoms with Gasteiger partial charge in [0.1, 0.15) is 0 Å². The number of aromatic nitrogens is 1. The first-order chi connectivity index (χ1) is 12.8. The van der Waals surface area contributed by atoms with Gasteiger partial charge in [-0.2, -0.15) is 11.8 Å². The number of benzene rings is 1. The molecule has 144 valence electrons. The van der Waals surface area contributed by atoms with E-state index in [1.54, 1.807) is 30.5 Å². The molecular formula is C19H22N2O3S3. The van der Waals surface area contributed by atoms with Gasteiger partial charge < -0.3 is 0 Å². The first-order valence-electron chi connectivity index (χ1n) is 8.67. The van der Waals surface area contributed by atoms with Crippen LogP contribution in [0.4, 0.5) is 5.13 Å². The molecule has 1 aromatic carbocycles. The van der Waals surface area contributed by atoms with Gasteiger partial charge in [-0.25, -0.2) is 13.4 Å². The smallest absolute Gasteiger partial charge is 0.257 e. The molecule has 2 heterocycles. The van der Waals surface area contributed by atoms with Gasteiger partial charge in [-0.15, -0.1) is 11.3 Å². The van der Waals surface area contributed by atoms with Crippen LogP contribution in [0.15, 0.2) is 41.4 Å². The molecule has 1 aromatic heterocycles. The highest BCUT2D eigenvalue weighted by atomic mass is 32.2. The Bertz CT molecular complexity index is 941. The van der Waals surface area contributed by atoms with E-state index < -0.39 is 9.84 Å². The standard InChI is InChI=1S/C19H22N2O3S3/c1-13-12-20-19(26-13)21-18(22)17(11-14-7-9-25-10-8-14)15-3-5-16(6-4-15)27(2,23)24/h3-6,11-12,14H,7-10H2,1-2H3,(H,20,21,22)/b17-11+. The number of thiazole rings is 1. The summed E-state index contributed by atoms with van der Waals surface area (Å²) < 4.78 is 23.4. The van der Waals surface area contributed by atoms with Crippen molar-refractivity contribution in [3.63, 3.8) is 0 Å². The van der Waals surface area contributed by atoms with E-state index in [1.807, 2.05) is 24.8 Å². The van der Waals surface area contributed by atoms with Gasteiger partial charge in [0.2, 0.25) is 0 Å². The average molecular weight is 423 g/mol. The van der Waals surface area contributed by atoms with Crippen LogP contribution in [0.25, 0.3) is 5.57 Å². The number of carbonyl (C=O) groups excluding carboxylic acids is 1. The summed E-state index contributed by atoms with van der Waals surface area (Å²) in [5.74, 6) is 2.32. The Morgan fingerprint density at radius 3 is 2.44 bits per heavy atom. The Balaban J connectivity index is 1.91. The highest BCUT2D eigenvalue weighted by Crippen LogP contribution is 2.29. The fourth-order valence-electron chi connectivity index (χ4n) is 2.88. The van der Waals surface area contributed by atoms with Crippen LogP contribution >= 0.6 is 23.1 Å². The maximum atomic E-state index is 12.9. The van der Waals surface area contributed by atoms with Crippen LogP contribution in [0.3, 0.4) is 0 Å². The minimum atomic E-state index is -3.27. The number of thioether (sulfide) groups is 1. The largest absolute Gasteiger partial charge is 0.298 e. The van der Waals surface area contributed by atoms with E-state index >= 15 is 0 Å². The molecule has 8 heteroatoms. The molecule has 0 bridgehead atoms. The van der Waals surface area contributed by atoms with Crippen molar-refractivity contribution in [3.05, 3.63) is 47.0 Å². The molecule has 27 heavy (non-hydrogen) atoms. The van der Waals surface area contributed by atoms with Crippen LogP contribution in [0.1, 0.15) is 23.3 Å². The first-order valence-corrected chi connectivity index (χ1v) is 12.5. The van der Waals surface area contributed by atoms with Gasteiger partial charge in [0.05, 0.1) is 4.90 Å². The zero-order valence-corrected chi connectivity index (χ0v) is 17.7. The number of allylic oxidation sites excluding steroid dienone is 1. The number of nitrogens with zero attached hydrogens (tertiary/aromatic N) is 1. The summed E-state index contributed by atoms with van der Waals surface area (Å²) >= 11 is 3.36. The molecule has 1 aliphatic heterocycles. The SMILES string of the molecule is Cc1cnc(NC(=O)/C(=C/C2CCSCC2)c2ccc(S(C)(=O)=O)cc2)s1. The molecule has 1 fully saturated rings. The molecule has 0 unspecified atom stereocenters. The summed E-state index contributed by atoms with van der Waals surface area (Å²) in [6.07, 6.45) is 7.02. The highest BCUT2D eigenvalue weighted by Gasteiger charge is 2.19. The van der Waals surface area contributed by atoms with E-state index in [-0.39, 0.29) is 10.8 Å². The number of rotatable bonds is 5. The zero-order valence-electron chi connectivity index (χ0n) is 15.3. The van der Waals surface area contributed by atoms with Crippen LogP contribution in [0, 0.1) is 12.8 Å². The second kappa shape index (κ2) is 8.58. The Morgan fingerprint density at radius 2 is 1.89 bits per heavy atom.